The minimum Gasteiger partial charge on any atom is -0.444 e. The van der Waals surface area contributed by atoms with E-state index in [4.69, 9.17) is 14.8 Å². The van der Waals surface area contributed by atoms with Gasteiger partial charge in [-0.2, -0.15) is 5.10 Å². The number of benzene rings is 1. The molecule has 42 heavy (non-hydrogen) atoms. The Hall–Kier alpha value is -4.39. The molecule has 1 fully saturated rings. The van der Waals surface area contributed by atoms with Gasteiger partial charge in [0.15, 0.2) is 5.13 Å². The number of rotatable bonds is 5. The zero-order valence-electron chi connectivity index (χ0n) is 23.6. The number of amides is 3. The van der Waals surface area contributed by atoms with Crippen LogP contribution in [0.1, 0.15) is 47.7 Å². The molecule has 0 unspecified atom stereocenters. The van der Waals surface area contributed by atoms with Gasteiger partial charge in [0, 0.05) is 39.5 Å². The summed E-state index contributed by atoms with van der Waals surface area (Å²) in [6, 6.07) is 5.92. The highest BCUT2D eigenvalue weighted by Crippen LogP contribution is 2.44. The van der Waals surface area contributed by atoms with Crippen molar-refractivity contribution in [1.82, 2.24) is 34.9 Å². The van der Waals surface area contributed by atoms with Gasteiger partial charge in [-0.1, -0.05) is 23.5 Å². The number of hydrogen-bond donors (Lipinski definition) is 2. The molecule has 11 nitrogen and oxygen atoms in total. The number of hydrogen-bond acceptors (Lipinski definition) is 8. The van der Waals surface area contributed by atoms with Crippen LogP contribution in [0.2, 0.25) is 0 Å². The number of aryl methyl sites for hydroxylation is 1. The second-order valence-electron chi connectivity index (χ2n) is 11.3. The zero-order chi connectivity index (χ0) is 29.4. The Labute approximate surface area is 249 Å². The standard InChI is InChI=1S/C29H31FN8O3S.2H2/c1-29(2,3)41-28(40)37-12-6-7-18(37)15-33-26(39)35-27-34-21-11-10-19-23(17-13-31-16-32-14-17)36-38(24(19)25(21)42-27)22-9-5-4-8-20(22)30;;/h4-5,8-9,13-14,16,18H,6-7,10-12,15H2,1-3H3,(H2,33,34,35,39);2*1H/t18-;;/m0../s1. The molecule has 1 aliphatic carbocycles. The maximum Gasteiger partial charge on any atom is 0.410 e. The van der Waals surface area contributed by atoms with Crippen LogP contribution in [-0.2, 0) is 17.6 Å². The van der Waals surface area contributed by atoms with Crippen molar-refractivity contribution in [2.45, 2.75) is 58.1 Å². The third kappa shape index (κ3) is 5.56. The second kappa shape index (κ2) is 11.1. The molecule has 0 bridgehead atoms. The lowest BCUT2D eigenvalue weighted by molar-refractivity contribution is 0.0228. The Morgan fingerprint density at radius 3 is 2.74 bits per heavy atom. The smallest absolute Gasteiger partial charge is 0.410 e. The number of anilines is 1. The molecule has 3 amide bonds. The van der Waals surface area contributed by atoms with Crippen LogP contribution in [0.15, 0.2) is 43.0 Å². The third-order valence-corrected chi connectivity index (χ3v) is 8.17. The minimum absolute atomic E-state index is 0. The number of ether oxygens (including phenoxy) is 1. The number of urea groups is 1. The van der Waals surface area contributed by atoms with Gasteiger partial charge in [0.25, 0.3) is 0 Å². The van der Waals surface area contributed by atoms with Crippen molar-refractivity contribution in [3.63, 3.8) is 0 Å². The van der Waals surface area contributed by atoms with Gasteiger partial charge in [0.2, 0.25) is 0 Å². The Morgan fingerprint density at radius 1 is 1.19 bits per heavy atom. The molecule has 222 valence electrons. The zero-order valence-corrected chi connectivity index (χ0v) is 24.4. The normalized spacial score (nSPS) is 16.1. The van der Waals surface area contributed by atoms with Gasteiger partial charge in [-0.3, -0.25) is 5.32 Å². The molecule has 3 aromatic heterocycles. The summed E-state index contributed by atoms with van der Waals surface area (Å²) >= 11 is 1.32. The summed E-state index contributed by atoms with van der Waals surface area (Å²) in [5.74, 6) is -0.402. The van der Waals surface area contributed by atoms with Crippen LogP contribution in [0.5, 0.6) is 0 Å². The fourth-order valence-corrected chi connectivity index (χ4v) is 6.40. The number of aromatic nitrogens is 5. The summed E-state index contributed by atoms with van der Waals surface area (Å²) in [5, 5.41) is 11.0. The number of nitrogens with zero attached hydrogens (tertiary/aromatic N) is 6. The molecule has 4 heterocycles. The summed E-state index contributed by atoms with van der Waals surface area (Å²) in [6.07, 6.45) is 7.37. The summed E-state index contributed by atoms with van der Waals surface area (Å²) < 4.78 is 22.1. The molecular formula is C29H35FN8O3S. The molecular weight excluding hydrogens is 559 g/mol. The number of likely N-dealkylation sites (tertiary alicyclic amines) is 1. The van der Waals surface area contributed by atoms with Crippen molar-refractivity contribution < 1.29 is 21.6 Å². The Kier molecular flexibility index (Phi) is 7.35. The topological polar surface area (TPSA) is 127 Å². The van der Waals surface area contributed by atoms with Crippen LogP contribution in [-0.4, -0.2) is 66.5 Å². The lowest BCUT2D eigenvalue weighted by Gasteiger charge is -2.28. The summed E-state index contributed by atoms with van der Waals surface area (Å²) in [6.45, 7) is 6.38. The summed E-state index contributed by atoms with van der Waals surface area (Å²) in [4.78, 5) is 40.9. The molecule has 1 atom stereocenters. The van der Waals surface area contributed by atoms with Crippen molar-refractivity contribution >= 4 is 28.6 Å². The summed E-state index contributed by atoms with van der Waals surface area (Å²) in [5.41, 5.74) is 3.65. The monoisotopic (exact) mass is 594 g/mol. The van der Waals surface area contributed by atoms with E-state index in [1.54, 1.807) is 40.2 Å². The van der Waals surface area contributed by atoms with E-state index in [1.165, 1.54) is 23.7 Å². The van der Waals surface area contributed by atoms with Crippen LogP contribution >= 0.6 is 11.3 Å². The Morgan fingerprint density at radius 2 is 1.98 bits per heavy atom. The molecule has 1 aliphatic heterocycles. The maximum atomic E-state index is 15.0. The SMILES string of the molecule is CC(C)(C)OC(=O)N1CCC[C@H]1CNC(=O)Nc1nc2c(s1)-c1c(c(-c3cncnc3)nn1-c1ccccc1F)CC2.[HH].[HH]. The number of nitrogens with one attached hydrogen (secondary N) is 2. The molecule has 2 aliphatic rings. The number of halogens is 1. The van der Waals surface area contributed by atoms with Gasteiger partial charge < -0.3 is 15.0 Å². The number of thiazole rings is 1. The number of para-hydroxylation sites is 1. The Balaban J connectivity index is 0.00000221. The van der Waals surface area contributed by atoms with Gasteiger partial charge in [0.05, 0.1) is 28.0 Å². The van der Waals surface area contributed by atoms with E-state index >= 15 is 0 Å². The lowest BCUT2D eigenvalue weighted by atomic mass is 9.96. The second-order valence-corrected chi connectivity index (χ2v) is 12.3. The van der Waals surface area contributed by atoms with Gasteiger partial charge in [-0.25, -0.2) is 33.6 Å². The van der Waals surface area contributed by atoms with Crippen molar-refractivity contribution in [3.05, 3.63) is 60.1 Å². The van der Waals surface area contributed by atoms with Crippen molar-refractivity contribution in [2.75, 3.05) is 18.4 Å². The van der Waals surface area contributed by atoms with Crippen LogP contribution in [0.4, 0.5) is 19.1 Å². The van der Waals surface area contributed by atoms with Gasteiger partial charge in [-0.05, 0) is 58.6 Å². The predicted molar refractivity (Wildman–Crippen MR) is 160 cm³/mol. The van der Waals surface area contributed by atoms with Crippen molar-refractivity contribution in [2.24, 2.45) is 0 Å². The highest BCUT2D eigenvalue weighted by molar-refractivity contribution is 7.19. The first-order valence-corrected chi connectivity index (χ1v) is 14.7. The molecule has 0 spiro atoms. The molecule has 0 saturated carbocycles. The minimum atomic E-state index is -0.587. The third-order valence-electron chi connectivity index (χ3n) is 7.15. The number of fused-ring (bicyclic) bond motifs is 3. The first kappa shape index (κ1) is 27.8. The average molecular weight is 595 g/mol. The molecule has 13 heteroatoms. The van der Waals surface area contributed by atoms with Crippen LogP contribution in [0.3, 0.4) is 0 Å². The van der Waals surface area contributed by atoms with Gasteiger partial charge in [-0.15, -0.1) is 0 Å². The molecule has 2 N–H and O–H groups in total. The molecule has 6 rings (SSSR count). The highest BCUT2D eigenvalue weighted by atomic mass is 32.1. The largest absolute Gasteiger partial charge is 0.444 e. The number of carbonyl (C=O) groups excluding carboxylic acids is 2. The molecule has 0 radical (unpaired) electrons. The van der Waals surface area contributed by atoms with E-state index in [9.17, 15) is 14.0 Å². The average Bonchev–Trinajstić information content (AvgIpc) is 3.68. The molecule has 1 saturated heterocycles. The first-order chi connectivity index (χ1) is 20.2. The van der Waals surface area contributed by atoms with E-state index < -0.39 is 17.4 Å². The van der Waals surface area contributed by atoms with E-state index in [-0.39, 0.29) is 15.0 Å². The van der Waals surface area contributed by atoms with Gasteiger partial charge in [0.1, 0.15) is 23.4 Å². The fraction of sp³-hybridized carbons (Fsp3) is 0.379. The first-order valence-electron chi connectivity index (χ1n) is 13.8. The quantitative estimate of drug-likeness (QED) is 0.303. The summed E-state index contributed by atoms with van der Waals surface area (Å²) in [7, 11) is 0. The Bertz CT molecular complexity index is 1640. The van der Waals surface area contributed by atoms with E-state index in [0.717, 1.165) is 40.2 Å². The lowest BCUT2D eigenvalue weighted by Crippen LogP contribution is -2.45. The fourth-order valence-electron chi connectivity index (χ4n) is 5.34. The van der Waals surface area contributed by atoms with Crippen molar-refractivity contribution in [1.29, 1.82) is 0 Å². The van der Waals surface area contributed by atoms with Crippen LogP contribution < -0.4 is 10.6 Å². The predicted octanol–water partition coefficient (Wildman–Crippen LogP) is 5.70. The molecule has 4 aromatic rings. The van der Waals surface area contributed by atoms with E-state index in [0.29, 0.717) is 42.4 Å². The highest BCUT2D eigenvalue weighted by Gasteiger charge is 2.33. The van der Waals surface area contributed by atoms with Crippen LogP contribution in [0.25, 0.3) is 27.5 Å². The maximum absolute atomic E-state index is 15.0. The van der Waals surface area contributed by atoms with Gasteiger partial charge >= 0.3 is 12.1 Å². The van der Waals surface area contributed by atoms with Crippen LogP contribution in [0, 0.1) is 5.82 Å². The van der Waals surface area contributed by atoms with Crippen molar-refractivity contribution in [3.8, 4) is 27.5 Å². The van der Waals surface area contributed by atoms with E-state index in [2.05, 4.69) is 20.6 Å². The molecule has 1 aromatic carbocycles. The number of carbonyl (C=O) groups is 2. The van der Waals surface area contributed by atoms with E-state index in [1.807, 2.05) is 20.8 Å².